The maximum Gasteiger partial charge on any atom is 0.258 e. The van der Waals surface area contributed by atoms with Gasteiger partial charge in [-0.05, 0) is 30.5 Å². The van der Waals surface area contributed by atoms with Gasteiger partial charge in [-0.15, -0.1) is 0 Å². The smallest absolute Gasteiger partial charge is 0.258 e. The number of hydrogen-bond donors (Lipinski definition) is 2. The lowest BCUT2D eigenvalue weighted by Gasteiger charge is -2.17. The standard InChI is InChI=1S/C14H21NO3/c1-10(2)11(3)15-14(17)9-18-13-6-4-5-12(7-13)8-16/h4-7,10-11,16H,8-9H2,1-3H3,(H,15,17). The van der Waals surface area contributed by atoms with E-state index in [2.05, 4.69) is 19.2 Å². The minimum absolute atomic E-state index is 0.00799. The van der Waals surface area contributed by atoms with Crippen LogP contribution < -0.4 is 10.1 Å². The molecule has 1 atom stereocenters. The molecule has 18 heavy (non-hydrogen) atoms. The van der Waals surface area contributed by atoms with Gasteiger partial charge in [-0.3, -0.25) is 4.79 Å². The van der Waals surface area contributed by atoms with E-state index in [0.29, 0.717) is 11.7 Å². The van der Waals surface area contributed by atoms with Crippen molar-refractivity contribution in [3.05, 3.63) is 29.8 Å². The molecular weight excluding hydrogens is 230 g/mol. The van der Waals surface area contributed by atoms with Crippen LogP contribution in [0, 0.1) is 5.92 Å². The number of benzene rings is 1. The van der Waals surface area contributed by atoms with E-state index in [1.165, 1.54) is 0 Å². The van der Waals surface area contributed by atoms with Gasteiger partial charge in [0.05, 0.1) is 6.61 Å². The summed E-state index contributed by atoms with van der Waals surface area (Å²) in [5, 5.41) is 11.8. The molecule has 1 aromatic rings. The van der Waals surface area contributed by atoms with Crippen molar-refractivity contribution in [1.82, 2.24) is 5.32 Å². The largest absolute Gasteiger partial charge is 0.484 e. The Kier molecular flexibility index (Phi) is 5.65. The highest BCUT2D eigenvalue weighted by Gasteiger charge is 2.11. The van der Waals surface area contributed by atoms with Crippen LogP contribution >= 0.6 is 0 Å². The summed E-state index contributed by atoms with van der Waals surface area (Å²) in [4.78, 5) is 11.6. The summed E-state index contributed by atoms with van der Waals surface area (Å²) in [6, 6.07) is 7.20. The molecule has 0 aliphatic carbocycles. The van der Waals surface area contributed by atoms with Gasteiger partial charge in [0.2, 0.25) is 0 Å². The first-order valence-electron chi connectivity index (χ1n) is 6.15. The van der Waals surface area contributed by atoms with E-state index in [9.17, 15) is 4.79 Å². The molecule has 4 heteroatoms. The summed E-state index contributed by atoms with van der Waals surface area (Å²) in [5.41, 5.74) is 0.767. The summed E-state index contributed by atoms with van der Waals surface area (Å²) in [6.07, 6.45) is 0. The van der Waals surface area contributed by atoms with Gasteiger partial charge in [-0.2, -0.15) is 0 Å². The third kappa shape index (κ3) is 4.75. The minimum Gasteiger partial charge on any atom is -0.484 e. The Morgan fingerprint density at radius 2 is 2.11 bits per heavy atom. The van der Waals surface area contributed by atoms with Crippen molar-refractivity contribution >= 4 is 5.91 Å². The van der Waals surface area contributed by atoms with Gasteiger partial charge in [0.1, 0.15) is 5.75 Å². The Morgan fingerprint density at radius 1 is 1.39 bits per heavy atom. The molecule has 2 N–H and O–H groups in total. The zero-order chi connectivity index (χ0) is 13.5. The molecule has 1 amide bonds. The molecule has 0 aromatic heterocycles. The van der Waals surface area contributed by atoms with Crippen molar-refractivity contribution in [3.8, 4) is 5.75 Å². The van der Waals surface area contributed by atoms with E-state index >= 15 is 0 Å². The van der Waals surface area contributed by atoms with Gasteiger partial charge in [-0.1, -0.05) is 26.0 Å². The first-order valence-corrected chi connectivity index (χ1v) is 6.15. The Balaban J connectivity index is 2.42. The molecule has 0 heterocycles. The second kappa shape index (κ2) is 7.01. The molecule has 1 unspecified atom stereocenters. The lowest BCUT2D eigenvalue weighted by molar-refractivity contribution is -0.124. The number of amides is 1. The third-order valence-electron chi connectivity index (χ3n) is 2.84. The minimum atomic E-state index is -0.134. The van der Waals surface area contributed by atoms with Crippen molar-refractivity contribution < 1.29 is 14.6 Å². The van der Waals surface area contributed by atoms with Crippen LogP contribution in [-0.4, -0.2) is 23.7 Å². The van der Waals surface area contributed by atoms with Crippen LogP contribution in [0.5, 0.6) is 5.75 Å². The second-order valence-corrected chi connectivity index (χ2v) is 4.69. The number of nitrogens with one attached hydrogen (secondary N) is 1. The van der Waals surface area contributed by atoms with Crippen molar-refractivity contribution in [3.63, 3.8) is 0 Å². The average molecular weight is 251 g/mol. The Labute approximate surface area is 108 Å². The first kappa shape index (κ1) is 14.5. The summed E-state index contributed by atoms with van der Waals surface area (Å²) in [7, 11) is 0. The van der Waals surface area contributed by atoms with E-state index in [1.807, 2.05) is 6.92 Å². The van der Waals surface area contributed by atoms with Crippen LogP contribution in [0.3, 0.4) is 0 Å². The molecule has 1 rings (SSSR count). The predicted molar refractivity (Wildman–Crippen MR) is 70.3 cm³/mol. The van der Waals surface area contributed by atoms with Gasteiger partial charge in [0, 0.05) is 6.04 Å². The Bertz CT molecular complexity index is 390. The van der Waals surface area contributed by atoms with E-state index < -0.39 is 0 Å². The van der Waals surface area contributed by atoms with Gasteiger partial charge in [-0.25, -0.2) is 0 Å². The van der Waals surface area contributed by atoms with Crippen LogP contribution in [0.4, 0.5) is 0 Å². The fraction of sp³-hybridized carbons (Fsp3) is 0.500. The molecule has 0 aliphatic heterocycles. The zero-order valence-electron chi connectivity index (χ0n) is 11.1. The summed E-state index contributed by atoms with van der Waals surface area (Å²) < 4.78 is 5.37. The second-order valence-electron chi connectivity index (χ2n) is 4.69. The van der Waals surface area contributed by atoms with Gasteiger partial charge >= 0.3 is 0 Å². The number of rotatable bonds is 6. The lowest BCUT2D eigenvalue weighted by atomic mass is 10.1. The quantitative estimate of drug-likeness (QED) is 0.809. The van der Waals surface area contributed by atoms with E-state index in [1.54, 1.807) is 24.3 Å². The average Bonchev–Trinajstić information content (AvgIpc) is 2.36. The number of carbonyl (C=O) groups is 1. The Morgan fingerprint density at radius 3 is 2.72 bits per heavy atom. The highest BCUT2D eigenvalue weighted by Crippen LogP contribution is 2.13. The molecule has 1 aromatic carbocycles. The molecule has 0 bridgehead atoms. The number of aliphatic hydroxyl groups is 1. The molecule has 0 radical (unpaired) electrons. The maximum atomic E-state index is 11.6. The van der Waals surface area contributed by atoms with E-state index in [-0.39, 0.29) is 25.2 Å². The van der Waals surface area contributed by atoms with E-state index in [4.69, 9.17) is 9.84 Å². The molecule has 0 saturated carbocycles. The number of ether oxygens (including phenoxy) is 1. The normalized spacial score (nSPS) is 12.3. The molecule has 0 aliphatic rings. The monoisotopic (exact) mass is 251 g/mol. The van der Waals surface area contributed by atoms with Gasteiger partial charge in [0.15, 0.2) is 6.61 Å². The molecular formula is C14H21NO3. The lowest BCUT2D eigenvalue weighted by Crippen LogP contribution is -2.38. The highest BCUT2D eigenvalue weighted by atomic mass is 16.5. The number of hydrogen-bond acceptors (Lipinski definition) is 3. The van der Waals surface area contributed by atoms with Crippen molar-refractivity contribution in [2.24, 2.45) is 5.92 Å². The van der Waals surface area contributed by atoms with Crippen LogP contribution in [-0.2, 0) is 11.4 Å². The predicted octanol–water partition coefficient (Wildman–Crippen LogP) is 1.72. The van der Waals surface area contributed by atoms with Crippen LogP contribution in [0.2, 0.25) is 0 Å². The molecule has 0 saturated heterocycles. The van der Waals surface area contributed by atoms with E-state index in [0.717, 1.165) is 5.56 Å². The summed E-state index contributed by atoms with van der Waals surface area (Å²) in [6.45, 7) is 6.03. The van der Waals surface area contributed by atoms with Gasteiger partial charge in [0.25, 0.3) is 5.91 Å². The maximum absolute atomic E-state index is 11.6. The third-order valence-corrected chi connectivity index (χ3v) is 2.84. The van der Waals surface area contributed by atoms with Crippen LogP contribution in [0.1, 0.15) is 26.3 Å². The van der Waals surface area contributed by atoms with Crippen molar-refractivity contribution in [2.45, 2.75) is 33.4 Å². The molecule has 0 spiro atoms. The summed E-state index contributed by atoms with van der Waals surface area (Å²) in [5.74, 6) is 0.853. The SMILES string of the molecule is CC(C)C(C)NC(=O)COc1cccc(CO)c1. The fourth-order valence-electron chi connectivity index (χ4n) is 1.34. The number of carbonyl (C=O) groups excluding carboxylic acids is 1. The highest BCUT2D eigenvalue weighted by molar-refractivity contribution is 5.77. The van der Waals surface area contributed by atoms with Crippen LogP contribution in [0.15, 0.2) is 24.3 Å². The molecule has 4 nitrogen and oxygen atoms in total. The fourth-order valence-corrected chi connectivity index (χ4v) is 1.34. The topological polar surface area (TPSA) is 58.6 Å². The first-order chi connectivity index (χ1) is 8.52. The number of aliphatic hydroxyl groups excluding tert-OH is 1. The Hall–Kier alpha value is -1.55. The molecule has 100 valence electrons. The molecule has 0 fully saturated rings. The zero-order valence-corrected chi connectivity index (χ0v) is 11.1. The van der Waals surface area contributed by atoms with Gasteiger partial charge < -0.3 is 15.2 Å². The van der Waals surface area contributed by atoms with Crippen molar-refractivity contribution in [2.75, 3.05) is 6.61 Å². The van der Waals surface area contributed by atoms with Crippen LogP contribution in [0.25, 0.3) is 0 Å². The van der Waals surface area contributed by atoms with Crippen molar-refractivity contribution in [1.29, 1.82) is 0 Å². The summed E-state index contributed by atoms with van der Waals surface area (Å²) >= 11 is 0.